The molecule has 6 heteroatoms. The monoisotopic (exact) mass is 293 g/mol. The van der Waals surface area contributed by atoms with Gasteiger partial charge in [0.15, 0.2) is 0 Å². The Morgan fingerprint density at radius 1 is 1.21 bits per heavy atom. The Bertz CT molecular complexity index is 358. The van der Waals surface area contributed by atoms with Gasteiger partial charge in [0.25, 0.3) is 0 Å². The molecule has 5 N–H and O–H groups in total. The fourth-order valence-corrected chi connectivity index (χ4v) is 4.11. The summed E-state index contributed by atoms with van der Waals surface area (Å²) in [7, 11) is -4.41. The summed E-state index contributed by atoms with van der Waals surface area (Å²) in [5, 5.41) is 8.79. The zero-order valence-electron chi connectivity index (χ0n) is 12.4. The van der Waals surface area contributed by atoms with Crippen molar-refractivity contribution in [3.8, 4) is 0 Å². The van der Waals surface area contributed by atoms with Crippen molar-refractivity contribution in [2.45, 2.75) is 71.0 Å². The molecule has 0 aromatic carbocycles. The molecule has 0 saturated heterocycles. The molecule has 1 unspecified atom stereocenters. The number of nitrogens with two attached hydrogens (primary N) is 1. The van der Waals surface area contributed by atoms with Crippen LogP contribution in [0.3, 0.4) is 0 Å². The predicted molar refractivity (Wildman–Crippen MR) is 78.2 cm³/mol. The van der Waals surface area contributed by atoms with Gasteiger partial charge in [0.05, 0.1) is 10.9 Å². The van der Waals surface area contributed by atoms with Crippen molar-refractivity contribution in [3.63, 3.8) is 0 Å². The van der Waals surface area contributed by atoms with Gasteiger partial charge in [0.2, 0.25) is 0 Å². The molecule has 0 aromatic heterocycles. The summed E-state index contributed by atoms with van der Waals surface area (Å²) in [5.41, 5.74) is 6.42. The molecular formula is C13H28NO4P. The van der Waals surface area contributed by atoms with Crippen LogP contribution in [0.2, 0.25) is 0 Å². The summed E-state index contributed by atoms with van der Waals surface area (Å²) in [5.74, 6) is 0.0213. The molecular weight excluding hydrogens is 265 g/mol. The molecule has 0 saturated carbocycles. The number of hydrogen-bond acceptors (Lipinski definition) is 3. The molecule has 0 amide bonds. The van der Waals surface area contributed by atoms with Crippen molar-refractivity contribution in [1.29, 1.82) is 0 Å². The Hall–Kier alpha value is -0.350. The maximum Gasteiger partial charge on any atom is 0.335 e. The second-order valence-corrected chi connectivity index (χ2v) is 6.84. The molecule has 5 nitrogen and oxygen atoms in total. The average Bonchev–Trinajstić information content (AvgIpc) is 2.33. The third-order valence-corrected chi connectivity index (χ3v) is 5.83. The van der Waals surface area contributed by atoms with Crippen LogP contribution in [0.5, 0.6) is 0 Å². The zero-order chi connectivity index (χ0) is 15.3. The van der Waals surface area contributed by atoms with Gasteiger partial charge in [0.1, 0.15) is 0 Å². The van der Waals surface area contributed by atoms with Crippen molar-refractivity contribution in [2.24, 2.45) is 5.73 Å². The quantitative estimate of drug-likeness (QED) is 0.407. The van der Waals surface area contributed by atoms with Crippen molar-refractivity contribution in [2.75, 3.05) is 0 Å². The van der Waals surface area contributed by atoms with Crippen LogP contribution in [-0.4, -0.2) is 26.1 Å². The van der Waals surface area contributed by atoms with E-state index in [4.69, 9.17) is 5.73 Å². The van der Waals surface area contributed by atoms with E-state index >= 15 is 0 Å². The highest BCUT2D eigenvalue weighted by atomic mass is 31.2. The summed E-state index contributed by atoms with van der Waals surface area (Å²) in [6, 6.07) is -0.516. The standard InChI is InChI=1S/C13H28NO4P/c1-5-9-10(14)12(11(15)6-2)13(7-3,8-4)19(16,17)18/h10,15H,5-9,14H2,1-4H3,(H2,16,17,18). The van der Waals surface area contributed by atoms with Crippen LogP contribution >= 0.6 is 7.60 Å². The molecule has 0 radical (unpaired) electrons. The van der Waals surface area contributed by atoms with Gasteiger partial charge in [-0.15, -0.1) is 0 Å². The smallest absolute Gasteiger partial charge is 0.335 e. The highest BCUT2D eigenvalue weighted by Crippen LogP contribution is 2.59. The van der Waals surface area contributed by atoms with Gasteiger partial charge in [-0.25, -0.2) is 0 Å². The summed E-state index contributed by atoms with van der Waals surface area (Å²) >= 11 is 0. The van der Waals surface area contributed by atoms with Gasteiger partial charge in [-0.1, -0.05) is 34.1 Å². The molecule has 0 aliphatic rings. The van der Waals surface area contributed by atoms with Gasteiger partial charge in [-0.3, -0.25) is 4.57 Å². The van der Waals surface area contributed by atoms with Crippen LogP contribution in [0.25, 0.3) is 0 Å². The minimum Gasteiger partial charge on any atom is -0.512 e. The van der Waals surface area contributed by atoms with Gasteiger partial charge in [-0.2, -0.15) is 0 Å². The maximum atomic E-state index is 12.0. The minimum absolute atomic E-state index is 0.0213. The first-order valence-electron chi connectivity index (χ1n) is 6.95. The third kappa shape index (κ3) is 3.82. The van der Waals surface area contributed by atoms with E-state index in [-0.39, 0.29) is 18.6 Å². The third-order valence-electron chi connectivity index (χ3n) is 3.84. The summed E-state index contributed by atoms with van der Waals surface area (Å²) in [6.45, 7) is 7.16. The van der Waals surface area contributed by atoms with Gasteiger partial charge >= 0.3 is 7.60 Å². The van der Waals surface area contributed by atoms with Crippen molar-refractivity contribution in [1.82, 2.24) is 0 Å². The van der Waals surface area contributed by atoms with E-state index < -0.39 is 18.8 Å². The van der Waals surface area contributed by atoms with Crippen LogP contribution in [-0.2, 0) is 4.57 Å². The Kier molecular flexibility index (Phi) is 7.30. The molecule has 0 bridgehead atoms. The summed E-state index contributed by atoms with van der Waals surface area (Å²) in [4.78, 5) is 19.5. The van der Waals surface area contributed by atoms with Crippen LogP contribution < -0.4 is 5.73 Å². The van der Waals surface area contributed by atoms with Crippen LogP contribution in [0.1, 0.15) is 59.8 Å². The van der Waals surface area contributed by atoms with Crippen molar-refractivity contribution < 1.29 is 19.5 Å². The number of hydrogen-bond donors (Lipinski definition) is 4. The van der Waals surface area contributed by atoms with Crippen molar-refractivity contribution >= 4 is 7.60 Å². The lowest BCUT2D eigenvalue weighted by molar-refractivity contribution is 0.307. The lowest BCUT2D eigenvalue weighted by Crippen LogP contribution is -2.40. The molecule has 0 fully saturated rings. The molecule has 0 aromatic rings. The number of aliphatic hydroxyl groups is 1. The molecule has 0 spiro atoms. The average molecular weight is 293 g/mol. The van der Waals surface area contributed by atoms with Gasteiger partial charge < -0.3 is 20.6 Å². The van der Waals surface area contributed by atoms with E-state index in [0.717, 1.165) is 6.42 Å². The second kappa shape index (κ2) is 7.44. The van der Waals surface area contributed by atoms with E-state index in [1.54, 1.807) is 20.8 Å². The van der Waals surface area contributed by atoms with E-state index in [2.05, 4.69) is 0 Å². The molecule has 19 heavy (non-hydrogen) atoms. The number of aliphatic hydroxyl groups excluding tert-OH is 1. The molecule has 0 aliphatic heterocycles. The van der Waals surface area contributed by atoms with Crippen molar-refractivity contribution in [3.05, 3.63) is 11.3 Å². The number of allylic oxidation sites excluding steroid dienone is 1. The Labute approximate surface area is 116 Å². The van der Waals surface area contributed by atoms with Gasteiger partial charge in [0, 0.05) is 18.0 Å². The zero-order valence-corrected chi connectivity index (χ0v) is 13.3. The summed E-state index contributed by atoms with van der Waals surface area (Å²) < 4.78 is 12.0. The van der Waals surface area contributed by atoms with E-state index in [1.807, 2.05) is 6.92 Å². The highest BCUT2D eigenvalue weighted by Gasteiger charge is 2.49. The van der Waals surface area contributed by atoms with Gasteiger partial charge in [-0.05, 0) is 19.3 Å². The molecule has 0 rings (SSSR count). The molecule has 0 heterocycles. The minimum atomic E-state index is -4.41. The Morgan fingerprint density at radius 2 is 1.68 bits per heavy atom. The second-order valence-electron chi connectivity index (χ2n) is 4.89. The largest absolute Gasteiger partial charge is 0.512 e. The topological polar surface area (TPSA) is 104 Å². The molecule has 1 atom stereocenters. The first-order valence-corrected chi connectivity index (χ1v) is 8.56. The normalized spacial score (nSPS) is 16.2. The highest BCUT2D eigenvalue weighted by molar-refractivity contribution is 7.53. The fourth-order valence-electron chi connectivity index (χ4n) is 2.67. The molecule has 0 aliphatic carbocycles. The van der Waals surface area contributed by atoms with Crippen LogP contribution in [0.4, 0.5) is 0 Å². The first kappa shape index (κ1) is 18.7. The lowest BCUT2D eigenvalue weighted by atomic mass is 9.84. The van der Waals surface area contributed by atoms with Crippen LogP contribution in [0.15, 0.2) is 11.3 Å². The first-order chi connectivity index (χ1) is 8.71. The van der Waals surface area contributed by atoms with E-state index in [1.165, 1.54) is 0 Å². The maximum absolute atomic E-state index is 12.0. The molecule has 114 valence electrons. The predicted octanol–water partition coefficient (Wildman–Crippen LogP) is 3.07. The van der Waals surface area contributed by atoms with E-state index in [9.17, 15) is 19.5 Å². The fraction of sp³-hybridized carbons (Fsp3) is 0.846. The van der Waals surface area contributed by atoms with E-state index in [0.29, 0.717) is 18.4 Å². The Morgan fingerprint density at radius 3 is 1.95 bits per heavy atom. The number of rotatable bonds is 8. The SMILES string of the molecule is CCCC(N)C(=C(O)CC)C(CC)(CC)P(=O)(O)O. The summed E-state index contributed by atoms with van der Waals surface area (Å²) in [6.07, 6.45) is 2.23. The lowest BCUT2D eigenvalue weighted by Gasteiger charge is -2.38. The Balaban J connectivity index is 6.02. The van der Waals surface area contributed by atoms with Crippen LogP contribution in [0, 0.1) is 0 Å².